The van der Waals surface area contributed by atoms with Gasteiger partial charge in [0.25, 0.3) is 15.2 Å². The van der Waals surface area contributed by atoms with Crippen LogP contribution in [-0.4, -0.2) is 58.9 Å². The molecule has 3 rings (SSSR count). The molecule has 0 bridgehead atoms. The molecule has 24 heavy (non-hydrogen) atoms. The average Bonchev–Trinajstić information content (AvgIpc) is 3.00. The lowest BCUT2D eigenvalue weighted by Crippen LogP contribution is -2.41. The van der Waals surface area contributed by atoms with E-state index in [2.05, 4.69) is 10.2 Å². The van der Waals surface area contributed by atoms with Crippen molar-refractivity contribution in [1.29, 1.82) is 0 Å². The van der Waals surface area contributed by atoms with Gasteiger partial charge in [0.2, 0.25) is 5.16 Å². The average molecular weight is 368 g/mol. The maximum Gasteiger partial charge on any atom is 0.279 e. The SMILES string of the molecule is CC(=O)Sc1nnc(S(=O)(=O)N2CCOCC2)n1-c1ccccc1. The normalized spacial score (nSPS) is 16.2. The largest absolute Gasteiger partial charge is 0.379 e. The maximum absolute atomic E-state index is 12.9. The van der Waals surface area contributed by atoms with Crippen molar-refractivity contribution in [3.8, 4) is 5.69 Å². The number of hydrogen-bond donors (Lipinski definition) is 0. The van der Waals surface area contributed by atoms with Gasteiger partial charge in [-0.15, -0.1) is 10.2 Å². The summed E-state index contributed by atoms with van der Waals surface area (Å²) in [6.45, 7) is 2.60. The molecule has 2 aromatic rings. The monoisotopic (exact) mass is 368 g/mol. The van der Waals surface area contributed by atoms with E-state index in [0.29, 0.717) is 18.9 Å². The van der Waals surface area contributed by atoms with Crippen LogP contribution in [0.15, 0.2) is 40.6 Å². The minimum Gasteiger partial charge on any atom is -0.379 e. The van der Waals surface area contributed by atoms with Crippen molar-refractivity contribution in [3.05, 3.63) is 30.3 Å². The second-order valence-corrected chi connectivity index (χ2v) is 8.02. The highest BCUT2D eigenvalue weighted by Gasteiger charge is 2.33. The van der Waals surface area contributed by atoms with Crippen LogP contribution in [0.5, 0.6) is 0 Å². The lowest BCUT2D eigenvalue weighted by Gasteiger charge is -2.25. The van der Waals surface area contributed by atoms with Gasteiger partial charge in [0.05, 0.1) is 18.9 Å². The zero-order chi connectivity index (χ0) is 17.2. The minimum atomic E-state index is -3.84. The van der Waals surface area contributed by atoms with E-state index in [1.807, 2.05) is 6.07 Å². The molecule has 1 aromatic carbocycles. The highest BCUT2D eigenvalue weighted by molar-refractivity contribution is 8.13. The number of para-hydroxylation sites is 1. The number of carbonyl (C=O) groups excluding carboxylic acids is 1. The van der Waals surface area contributed by atoms with Crippen LogP contribution in [0.1, 0.15) is 6.92 Å². The number of benzene rings is 1. The minimum absolute atomic E-state index is 0.195. The van der Waals surface area contributed by atoms with Gasteiger partial charge in [-0.25, -0.2) is 8.42 Å². The second-order valence-electron chi connectivity index (χ2n) is 5.05. The molecule has 0 radical (unpaired) electrons. The van der Waals surface area contributed by atoms with Crippen LogP contribution >= 0.6 is 11.8 Å². The van der Waals surface area contributed by atoms with E-state index in [1.165, 1.54) is 15.8 Å². The topological polar surface area (TPSA) is 94.4 Å². The number of sulfonamides is 1. The second kappa shape index (κ2) is 7.01. The van der Waals surface area contributed by atoms with Gasteiger partial charge in [-0.1, -0.05) is 18.2 Å². The fraction of sp³-hybridized carbons (Fsp3) is 0.357. The van der Waals surface area contributed by atoms with Crippen LogP contribution < -0.4 is 0 Å². The van der Waals surface area contributed by atoms with E-state index in [1.54, 1.807) is 24.3 Å². The van der Waals surface area contributed by atoms with Gasteiger partial charge in [0.15, 0.2) is 5.12 Å². The molecule has 0 saturated carbocycles. The molecule has 128 valence electrons. The smallest absolute Gasteiger partial charge is 0.279 e. The van der Waals surface area contributed by atoms with E-state index in [0.717, 1.165) is 11.8 Å². The van der Waals surface area contributed by atoms with Crippen LogP contribution in [0.3, 0.4) is 0 Å². The van der Waals surface area contributed by atoms with Crippen molar-refractivity contribution < 1.29 is 17.9 Å². The molecule has 1 aromatic heterocycles. The van der Waals surface area contributed by atoms with Gasteiger partial charge in [0, 0.05) is 20.0 Å². The molecule has 1 saturated heterocycles. The number of rotatable bonds is 4. The Bertz CT molecular complexity index is 830. The summed E-state index contributed by atoms with van der Waals surface area (Å²) in [6.07, 6.45) is 0. The number of hydrogen-bond acceptors (Lipinski definition) is 7. The van der Waals surface area contributed by atoms with Crippen molar-refractivity contribution in [1.82, 2.24) is 19.1 Å². The Hall–Kier alpha value is -1.75. The Morgan fingerprint density at radius 1 is 1.17 bits per heavy atom. The third kappa shape index (κ3) is 3.36. The number of aromatic nitrogens is 3. The zero-order valence-corrected chi connectivity index (χ0v) is 14.6. The maximum atomic E-state index is 12.9. The first-order valence-corrected chi connectivity index (χ1v) is 9.53. The van der Waals surface area contributed by atoms with E-state index in [4.69, 9.17) is 4.74 Å². The predicted octanol–water partition coefficient (Wildman–Crippen LogP) is 0.927. The summed E-state index contributed by atoms with van der Waals surface area (Å²) in [4.78, 5) is 11.5. The van der Waals surface area contributed by atoms with Crippen LogP contribution in [0, 0.1) is 0 Å². The molecule has 1 aliphatic heterocycles. The van der Waals surface area contributed by atoms with Crippen LogP contribution in [0.2, 0.25) is 0 Å². The lowest BCUT2D eigenvalue weighted by molar-refractivity contribution is -0.109. The molecular weight excluding hydrogens is 352 g/mol. The number of morpholine rings is 1. The first-order chi connectivity index (χ1) is 11.5. The summed E-state index contributed by atoms with van der Waals surface area (Å²) in [5.41, 5.74) is 0.582. The molecular formula is C14H16N4O4S2. The third-order valence-corrected chi connectivity index (χ3v) is 5.90. The summed E-state index contributed by atoms with van der Waals surface area (Å²) in [5.74, 6) is 0. The third-order valence-electron chi connectivity index (χ3n) is 3.39. The fourth-order valence-electron chi connectivity index (χ4n) is 2.32. The van der Waals surface area contributed by atoms with E-state index in [-0.39, 0.29) is 28.5 Å². The van der Waals surface area contributed by atoms with Gasteiger partial charge in [-0.3, -0.25) is 9.36 Å². The molecule has 1 aliphatic rings. The molecule has 8 nitrogen and oxygen atoms in total. The molecule has 0 unspecified atom stereocenters. The first-order valence-electron chi connectivity index (χ1n) is 7.27. The Morgan fingerprint density at radius 2 is 1.83 bits per heavy atom. The zero-order valence-electron chi connectivity index (χ0n) is 13.0. The van der Waals surface area contributed by atoms with Crippen LogP contribution in [-0.2, 0) is 19.6 Å². The number of carbonyl (C=O) groups is 1. The van der Waals surface area contributed by atoms with Crippen molar-refractivity contribution in [2.24, 2.45) is 0 Å². The predicted molar refractivity (Wildman–Crippen MR) is 87.5 cm³/mol. The standard InChI is InChI=1S/C14H16N4O4S2/c1-11(19)23-13-15-16-14(18(13)12-5-3-2-4-6-12)24(20,21)17-7-9-22-10-8-17/h2-6H,7-10H2,1H3. The molecule has 0 atom stereocenters. The highest BCUT2D eigenvalue weighted by Crippen LogP contribution is 2.26. The molecule has 0 aliphatic carbocycles. The van der Waals surface area contributed by atoms with Gasteiger partial charge in [-0.05, 0) is 23.9 Å². The quantitative estimate of drug-likeness (QED) is 0.741. The van der Waals surface area contributed by atoms with E-state index >= 15 is 0 Å². The summed E-state index contributed by atoms with van der Waals surface area (Å²) in [6, 6.07) is 8.87. The van der Waals surface area contributed by atoms with Crippen molar-refractivity contribution in [2.75, 3.05) is 26.3 Å². The molecule has 1 fully saturated rings. The Labute approximate surface area is 143 Å². The molecule has 0 spiro atoms. The Balaban J connectivity index is 2.11. The summed E-state index contributed by atoms with van der Waals surface area (Å²) >= 11 is 0.846. The van der Waals surface area contributed by atoms with Crippen molar-refractivity contribution >= 4 is 26.9 Å². The van der Waals surface area contributed by atoms with Gasteiger partial charge in [0.1, 0.15) is 0 Å². The molecule has 2 heterocycles. The Kier molecular flexibility index (Phi) is 4.99. The highest BCUT2D eigenvalue weighted by atomic mass is 32.2. The van der Waals surface area contributed by atoms with Crippen molar-refractivity contribution in [2.45, 2.75) is 17.2 Å². The number of ether oxygens (including phenoxy) is 1. The summed E-state index contributed by atoms with van der Waals surface area (Å²) in [5, 5.41) is 7.60. The van der Waals surface area contributed by atoms with Gasteiger partial charge in [-0.2, -0.15) is 4.31 Å². The van der Waals surface area contributed by atoms with E-state index < -0.39 is 10.0 Å². The molecule has 0 N–H and O–H groups in total. The lowest BCUT2D eigenvalue weighted by atomic mass is 10.3. The molecule has 0 amide bonds. The van der Waals surface area contributed by atoms with Crippen LogP contribution in [0.4, 0.5) is 0 Å². The number of thioether (sulfide) groups is 1. The molecule has 10 heteroatoms. The number of nitrogens with zero attached hydrogens (tertiary/aromatic N) is 4. The Morgan fingerprint density at radius 3 is 2.46 bits per heavy atom. The fourth-order valence-corrected chi connectivity index (χ4v) is 4.43. The van der Waals surface area contributed by atoms with Gasteiger partial charge >= 0.3 is 0 Å². The van der Waals surface area contributed by atoms with Crippen molar-refractivity contribution in [3.63, 3.8) is 0 Å². The van der Waals surface area contributed by atoms with Gasteiger partial charge < -0.3 is 4.74 Å². The summed E-state index contributed by atoms with van der Waals surface area (Å²) in [7, 11) is -3.84. The summed E-state index contributed by atoms with van der Waals surface area (Å²) < 4.78 is 33.8. The van der Waals surface area contributed by atoms with Crippen LogP contribution in [0.25, 0.3) is 5.69 Å². The van der Waals surface area contributed by atoms with E-state index in [9.17, 15) is 13.2 Å². The first kappa shape index (κ1) is 17.1.